The highest BCUT2D eigenvalue weighted by Gasteiger charge is 2.29. The first-order valence-corrected chi connectivity index (χ1v) is 6.39. The number of urea groups is 1. The zero-order chi connectivity index (χ0) is 13.0. The Labute approximate surface area is 107 Å². The predicted octanol–water partition coefficient (Wildman–Crippen LogP) is 1.75. The number of amides is 2. The molecule has 1 fully saturated rings. The molecule has 1 aliphatic carbocycles. The molecule has 1 aromatic carbocycles. The Morgan fingerprint density at radius 3 is 2.56 bits per heavy atom. The number of carbonyl (C=O) groups is 1. The molecule has 0 saturated heterocycles. The average Bonchev–Trinajstić information content (AvgIpc) is 2.35. The van der Waals surface area contributed by atoms with Crippen molar-refractivity contribution in [3.05, 3.63) is 35.9 Å². The number of rotatable bonds is 4. The lowest BCUT2D eigenvalue weighted by Crippen LogP contribution is -2.53. The maximum Gasteiger partial charge on any atom is 0.315 e. The first-order chi connectivity index (χ1) is 8.64. The summed E-state index contributed by atoms with van der Waals surface area (Å²) in [6.45, 7) is 1.69. The first-order valence-electron chi connectivity index (χ1n) is 6.39. The van der Waals surface area contributed by atoms with Crippen molar-refractivity contribution in [2.45, 2.75) is 37.8 Å². The van der Waals surface area contributed by atoms with Crippen molar-refractivity contribution in [2.24, 2.45) is 0 Å². The SMILES string of the molecule is CC(CO)(NC(=O)NC1CCC1)c1ccccc1. The molecule has 0 aromatic heterocycles. The van der Waals surface area contributed by atoms with Gasteiger partial charge in [-0.1, -0.05) is 30.3 Å². The van der Waals surface area contributed by atoms with Crippen LogP contribution in [0.25, 0.3) is 0 Å². The lowest BCUT2D eigenvalue weighted by atomic mass is 9.92. The summed E-state index contributed by atoms with van der Waals surface area (Å²) in [6.07, 6.45) is 3.28. The fraction of sp³-hybridized carbons (Fsp3) is 0.500. The molecule has 3 N–H and O–H groups in total. The van der Waals surface area contributed by atoms with Crippen molar-refractivity contribution >= 4 is 6.03 Å². The van der Waals surface area contributed by atoms with Crippen LogP contribution in [0.5, 0.6) is 0 Å². The number of carbonyl (C=O) groups excluding carboxylic acids is 1. The number of aliphatic hydroxyl groups excluding tert-OH is 1. The van der Waals surface area contributed by atoms with Crippen molar-refractivity contribution in [1.29, 1.82) is 0 Å². The van der Waals surface area contributed by atoms with Gasteiger partial charge in [0.2, 0.25) is 0 Å². The van der Waals surface area contributed by atoms with E-state index in [9.17, 15) is 9.90 Å². The van der Waals surface area contributed by atoms with Crippen LogP contribution >= 0.6 is 0 Å². The molecule has 0 radical (unpaired) electrons. The summed E-state index contributed by atoms with van der Waals surface area (Å²) in [5.74, 6) is 0. The minimum Gasteiger partial charge on any atom is -0.394 e. The lowest BCUT2D eigenvalue weighted by molar-refractivity contribution is 0.167. The van der Waals surface area contributed by atoms with Crippen LogP contribution in [-0.4, -0.2) is 23.8 Å². The molecule has 0 bridgehead atoms. The van der Waals surface area contributed by atoms with Crippen LogP contribution in [0.15, 0.2) is 30.3 Å². The molecular weight excluding hydrogens is 228 g/mol. The predicted molar refractivity (Wildman–Crippen MR) is 70.2 cm³/mol. The summed E-state index contributed by atoms with van der Waals surface area (Å²) < 4.78 is 0. The second kappa shape index (κ2) is 5.40. The zero-order valence-electron chi connectivity index (χ0n) is 10.6. The standard InChI is InChI=1S/C14H20N2O2/c1-14(10-17,11-6-3-2-4-7-11)16-13(18)15-12-8-5-9-12/h2-4,6-7,12,17H,5,8-10H2,1H3,(H2,15,16,18). The van der Waals surface area contributed by atoms with Gasteiger partial charge in [-0.15, -0.1) is 0 Å². The Bertz CT molecular complexity index is 404. The average molecular weight is 248 g/mol. The Morgan fingerprint density at radius 1 is 1.39 bits per heavy atom. The number of nitrogens with one attached hydrogen (secondary N) is 2. The first kappa shape index (κ1) is 12.9. The number of aliphatic hydroxyl groups is 1. The smallest absolute Gasteiger partial charge is 0.315 e. The lowest BCUT2D eigenvalue weighted by Gasteiger charge is -2.32. The quantitative estimate of drug-likeness (QED) is 0.760. The van der Waals surface area contributed by atoms with Crippen molar-refractivity contribution < 1.29 is 9.90 Å². The molecule has 0 heterocycles. The summed E-state index contributed by atoms with van der Waals surface area (Å²) in [6, 6.07) is 9.60. The van der Waals surface area contributed by atoms with Gasteiger partial charge in [-0.2, -0.15) is 0 Å². The van der Waals surface area contributed by atoms with Crippen LogP contribution < -0.4 is 10.6 Å². The van der Waals surface area contributed by atoms with E-state index in [0.29, 0.717) is 6.04 Å². The Hall–Kier alpha value is -1.55. The van der Waals surface area contributed by atoms with E-state index in [1.807, 2.05) is 37.3 Å². The summed E-state index contributed by atoms with van der Waals surface area (Å²) >= 11 is 0. The number of hydrogen-bond donors (Lipinski definition) is 3. The minimum atomic E-state index is -0.741. The largest absolute Gasteiger partial charge is 0.394 e. The molecule has 0 aliphatic heterocycles. The van der Waals surface area contributed by atoms with Crippen LogP contribution in [-0.2, 0) is 5.54 Å². The van der Waals surface area contributed by atoms with Crippen molar-refractivity contribution in [3.8, 4) is 0 Å². The van der Waals surface area contributed by atoms with Gasteiger partial charge in [0.1, 0.15) is 0 Å². The topological polar surface area (TPSA) is 61.4 Å². The molecule has 2 rings (SSSR count). The molecule has 2 amide bonds. The maximum absolute atomic E-state index is 11.9. The van der Waals surface area contributed by atoms with E-state index in [2.05, 4.69) is 10.6 Å². The van der Waals surface area contributed by atoms with E-state index in [4.69, 9.17) is 0 Å². The molecule has 98 valence electrons. The summed E-state index contributed by atoms with van der Waals surface area (Å²) in [7, 11) is 0. The van der Waals surface area contributed by atoms with Crippen LogP contribution in [0.2, 0.25) is 0 Å². The Kier molecular flexibility index (Phi) is 3.87. The molecule has 1 saturated carbocycles. The Morgan fingerprint density at radius 2 is 2.06 bits per heavy atom. The summed E-state index contributed by atoms with van der Waals surface area (Å²) in [5.41, 5.74) is 0.158. The van der Waals surface area contributed by atoms with Crippen molar-refractivity contribution in [2.75, 3.05) is 6.61 Å². The molecule has 0 spiro atoms. The van der Waals surface area contributed by atoms with Crippen LogP contribution in [0, 0.1) is 0 Å². The van der Waals surface area contributed by atoms with Gasteiger partial charge >= 0.3 is 6.03 Å². The third kappa shape index (κ3) is 2.82. The highest BCUT2D eigenvalue weighted by atomic mass is 16.3. The van der Waals surface area contributed by atoms with E-state index < -0.39 is 5.54 Å². The van der Waals surface area contributed by atoms with Gasteiger partial charge in [0.05, 0.1) is 12.1 Å². The molecule has 4 nitrogen and oxygen atoms in total. The third-order valence-electron chi connectivity index (χ3n) is 3.56. The van der Waals surface area contributed by atoms with Gasteiger partial charge in [0, 0.05) is 6.04 Å². The molecule has 18 heavy (non-hydrogen) atoms. The number of benzene rings is 1. The van der Waals surface area contributed by atoms with Crippen LogP contribution in [0.1, 0.15) is 31.7 Å². The molecule has 1 atom stereocenters. The molecule has 1 unspecified atom stereocenters. The van der Waals surface area contributed by atoms with Crippen LogP contribution in [0.3, 0.4) is 0 Å². The van der Waals surface area contributed by atoms with E-state index in [1.54, 1.807) is 0 Å². The fourth-order valence-electron chi connectivity index (χ4n) is 2.03. The minimum absolute atomic E-state index is 0.130. The maximum atomic E-state index is 11.9. The van der Waals surface area contributed by atoms with Gasteiger partial charge in [-0.3, -0.25) is 0 Å². The second-order valence-corrected chi connectivity index (χ2v) is 5.08. The number of hydrogen-bond acceptors (Lipinski definition) is 2. The van der Waals surface area contributed by atoms with Crippen LogP contribution in [0.4, 0.5) is 4.79 Å². The zero-order valence-corrected chi connectivity index (χ0v) is 10.6. The third-order valence-corrected chi connectivity index (χ3v) is 3.56. The van der Waals surface area contributed by atoms with Gasteiger partial charge in [0.25, 0.3) is 0 Å². The highest BCUT2D eigenvalue weighted by Crippen LogP contribution is 2.21. The van der Waals surface area contributed by atoms with E-state index >= 15 is 0 Å². The summed E-state index contributed by atoms with van der Waals surface area (Å²) in [5, 5.41) is 15.3. The monoisotopic (exact) mass is 248 g/mol. The van der Waals surface area contributed by atoms with E-state index in [1.165, 1.54) is 6.42 Å². The van der Waals surface area contributed by atoms with E-state index in [-0.39, 0.29) is 12.6 Å². The highest BCUT2D eigenvalue weighted by molar-refractivity contribution is 5.75. The fourth-order valence-corrected chi connectivity index (χ4v) is 2.03. The second-order valence-electron chi connectivity index (χ2n) is 5.08. The molecule has 4 heteroatoms. The molecular formula is C14H20N2O2. The van der Waals surface area contributed by atoms with E-state index in [0.717, 1.165) is 18.4 Å². The Balaban J connectivity index is 2.01. The van der Waals surface area contributed by atoms with Crippen molar-refractivity contribution in [3.63, 3.8) is 0 Å². The normalized spacial score (nSPS) is 18.6. The van der Waals surface area contributed by atoms with Gasteiger partial charge < -0.3 is 15.7 Å². The van der Waals surface area contributed by atoms with Gasteiger partial charge in [-0.25, -0.2) is 4.79 Å². The van der Waals surface area contributed by atoms with Gasteiger partial charge in [-0.05, 0) is 31.7 Å². The molecule has 1 aromatic rings. The van der Waals surface area contributed by atoms with Gasteiger partial charge in [0.15, 0.2) is 0 Å². The van der Waals surface area contributed by atoms with Crippen molar-refractivity contribution in [1.82, 2.24) is 10.6 Å². The molecule has 1 aliphatic rings. The summed E-state index contributed by atoms with van der Waals surface area (Å²) in [4.78, 5) is 11.9.